The summed E-state index contributed by atoms with van der Waals surface area (Å²) in [7, 11) is 0. The molecule has 1 aromatic carbocycles. The number of allylic oxidation sites excluding steroid dienone is 1. The predicted molar refractivity (Wildman–Crippen MR) is 72.0 cm³/mol. The van der Waals surface area contributed by atoms with Gasteiger partial charge in [0.1, 0.15) is 6.67 Å². The van der Waals surface area contributed by atoms with Gasteiger partial charge in [-0.2, -0.15) is 0 Å². The molecule has 18 heavy (non-hydrogen) atoms. The number of anilines is 1. The van der Waals surface area contributed by atoms with E-state index >= 15 is 0 Å². The highest BCUT2D eigenvalue weighted by Gasteiger charge is 2.16. The van der Waals surface area contributed by atoms with Gasteiger partial charge in [0.25, 0.3) is 0 Å². The molecule has 0 atom stereocenters. The van der Waals surface area contributed by atoms with Crippen LogP contribution in [0.2, 0.25) is 0 Å². The number of hydrogen-bond acceptors (Lipinski definition) is 4. The summed E-state index contributed by atoms with van der Waals surface area (Å²) < 4.78 is 5.18. The minimum atomic E-state index is -0.282. The zero-order valence-corrected chi connectivity index (χ0v) is 10.4. The maximum absolute atomic E-state index is 12.0. The number of benzene rings is 1. The third-order valence-corrected chi connectivity index (χ3v) is 2.56. The fraction of sp³-hybridized carbons (Fsp3) is 0.286. The molecule has 94 valence electrons. The lowest BCUT2D eigenvalue weighted by molar-refractivity contribution is 0.0506. The van der Waals surface area contributed by atoms with Crippen molar-refractivity contribution in [1.29, 1.82) is 0 Å². The first-order valence-electron chi connectivity index (χ1n) is 6.02. The molecule has 1 aliphatic rings. The number of esters is 1. The van der Waals surface area contributed by atoms with Crippen LogP contribution in [-0.2, 0) is 4.74 Å². The number of aliphatic imine (C=N–C) groups is 1. The molecular formula is C14H16N2O2. The van der Waals surface area contributed by atoms with Crippen molar-refractivity contribution >= 4 is 17.9 Å². The third-order valence-electron chi connectivity index (χ3n) is 2.56. The van der Waals surface area contributed by atoms with E-state index in [1.54, 1.807) is 12.3 Å². The molecule has 0 aliphatic carbocycles. The molecule has 0 fully saturated rings. The highest BCUT2D eigenvalue weighted by atomic mass is 16.5. The van der Waals surface area contributed by atoms with Crippen LogP contribution in [0, 0.1) is 0 Å². The van der Waals surface area contributed by atoms with Crippen molar-refractivity contribution in [2.45, 2.75) is 13.3 Å². The summed E-state index contributed by atoms with van der Waals surface area (Å²) >= 11 is 0. The van der Waals surface area contributed by atoms with E-state index in [1.807, 2.05) is 42.3 Å². The van der Waals surface area contributed by atoms with Crippen molar-refractivity contribution in [3.63, 3.8) is 0 Å². The molecule has 1 aromatic rings. The Kier molecular flexibility index (Phi) is 4.12. The Morgan fingerprint density at radius 2 is 2.28 bits per heavy atom. The van der Waals surface area contributed by atoms with Gasteiger partial charge in [0.05, 0.1) is 17.9 Å². The Morgan fingerprint density at radius 1 is 1.44 bits per heavy atom. The predicted octanol–water partition coefficient (Wildman–Crippen LogP) is 2.62. The average molecular weight is 244 g/mol. The second-order valence-corrected chi connectivity index (χ2v) is 3.94. The number of nitrogens with zero attached hydrogens (tertiary/aromatic N) is 2. The number of hydrogen-bond donors (Lipinski definition) is 0. The van der Waals surface area contributed by atoms with Crippen molar-refractivity contribution in [3.8, 4) is 0 Å². The van der Waals surface area contributed by atoms with Crippen LogP contribution in [0.5, 0.6) is 0 Å². The lowest BCUT2D eigenvalue weighted by Gasteiger charge is -2.22. The third kappa shape index (κ3) is 2.77. The van der Waals surface area contributed by atoms with Crippen LogP contribution in [0.25, 0.3) is 0 Å². The minimum Gasteiger partial charge on any atom is -0.462 e. The largest absolute Gasteiger partial charge is 0.462 e. The summed E-state index contributed by atoms with van der Waals surface area (Å²) in [6.07, 6.45) is 6.31. The standard InChI is InChI=1S/C14H16N2O2/c1-2-10-18-14(17)12-6-3-4-7-13(12)16-9-5-8-15-11-16/h3-9H,2,10-11H2,1H3. The van der Waals surface area contributed by atoms with Gasteiger partial charge in [-0.05, 0) is 24.6 Å². The first-order valence-corrected chi connectivity index (χ1v) is 6.02. The van der Waals surface area contributed by atoms with Crippen LogP contribution in [0.15, 0.2) is 41.5 Å². The van der Waals surface area contributed by atoms with Gasteiger partial charge >= 0.3 is 5.97 Å². The quantitative estimate of drug-likeness (QED) is 0.764. The Bertz CT molecular complexity index is 480. The van der Waals surface area contributed by atoms with E-state index in [2.05, 4.69) is 4.99 Å². The van der Waals surface area contributed by atoms with Crippen LogP contribution in [0.1, 0.15) is 23.7 Å². The van der Waals surface area contributed by atoms with E-state index in [0.717, 1.165) is 12.1 Å². The van der Waals surface area contributed by atoms with E-state index in [0.29, 0.717) is 18.8 Å². The van der Waals surface area contributed by atoms with Crippen molar-refractivity contribution in [2.75, 3.05) is 18.2 Å². The molecule has 1 heterocycles. The Labute approximate surface area is 107 Å². The Hall–Kier alpha value is -2.10. The second kappa shape index (κ2) is 6.00. The van der Waals surface area contributed by atoms with E-state index in [4.69, 9.17) is 4.74 Å². The molecule has 0 bridgehead atoms. The van der Waals surface area contributed by atoms with Gasteiger partial charge in [0, 0.05) is 12.4 Å². The fourth-order valence-corrected chi connectivity index (χ4v) is 1.71. The van der Waals surface area contributed by atoms with Crippen LogP contribution in [0.3, 0.4) is 0 Å². The number of carbonyl (C=O) groups excluding carboxylic acids is 1. The number of carbonyl (C=O) groups is 1. The van der Waals surface area contributed by atoms with Crippen LogP contribution >= 0.6 is 0 Å². The zero-order valence-electron chi connectivity index (χ0n) is 10.4. The minimum absolute atomic E-state index is 0.282. The molecule has 0 radical (unpaired) electrons. The highest BCUT2D eigenvalue weighted by Crippen LogP contribution is 2.22. The van der Waals surface area contributed by atoms with Gasteiger partial charge in [0.2, 0.25) is 0 Å². The topological polar surface area (TPSA) is 41.9 Å². The Balaban J connectivity index is 2.22. The maximum Gasteiger partial charge on any atom is 0.340 e. The monoisotopic (exact) mass is 244 g/mol. The molecule has 0 saturated carbocycles. The van der Waals surface area contributed by atoms with Crippen molar-refractivity contribution in [1.82, 2.24) is 0 Å². The number of rotatable bonds is 4. The summed E-state index contributed by atoms with van der Waals surface area (Å²) in [6.45, 7) is 2.94. The summed E-state index contributed by atoms with van der Waals surface area (Å²) in [6, 6.07) is 7.41. The second-order valence-electron chi connectivity index (χ2n) is 3.94. The molecule has 0 unspecified atom stereocenters. The van der Waals surface area contributed by atoms with Crippen LogP contribution in [-0.4, -0.2) is 25.5 Å². The SMILES string of the molecule is CCCOC(=O)c1ccccc1N1C=CC=NC1. The van der Waals surface area contributed by atoms with Gasteiger partial charge in [-0.25, -0.2) is 4.79 Å². The first kappa shape index (κ1) is 12.4. The molecule has 0 amide bonds. The molecule has 2 rings (SSSR count). The lowest BCUT2D eigenvalue weighted by atomic mass is 10.1. The first-order chi connectivity index (χ1) is 8.83. The maximum atomic E-state index is 12.0. The van der Waals surface area contributed by atoms with Gasteiger partial charge in [0.15, 0.2) is 0 Å². The van der Waals surface area contributed by atoms with E-state index in [1.165, 1.54) is 0 Å². The molecule has 0 aromatic heterocycles. The summed E-state index contributed by atoms with van der Waals surface area (Å²) in [5, 5.41) is 0. The van der Waals surface area contributed by atoms with Gasteiger partial charge in [-0.15, -0.1) is 0 Å². The molecule has 0 N–H and O–H groups in total. The van der Waals surface area contributed by atoms with E-state index in [-0.39, 0.29) is 5.97 Å². The fourth-order valence-electron chi connectivity index (χ4n) is 1.71. The molecule has 1 aliphatic heterocycles. The number of para-hydroxylation sites is 1. The van der Waals surface area contributed by atoms with Gasteiger partial charge < -0.3 is 9.64 Å². The van der Waals surface area contributed by atoms with Crippen molar-refractivity contribution < 1.29 is 9.53 Å². The average Bonchev–Trinajstić information content (AvgIpc) is 2.45. The van der Waals surface area contributed by atoms with E-state index < -0.39 is 0 Å². The van der Waals surface area contributed by atoms with Crippen LogP contribution < -0.4 is 4.90 Å². The van der Waals surface area contributed by atoms with Crippen LogP contribution in [0.4, 0.5) is 5.69 Å². The van der Waals surface area contributed by atoms with Crippen molar-refractivity contribution in [2.24, 2.45) is 4.99 Å². The molecule has 0 saturated heterocycles. The van der Waals surface area contributed by atoms with Gasteiger partial charge in [-0.1, -0.05) is 19.1 Å². The smallest absolute Gasteiger partial charge is 0.340 e. The highest BCUT2D eigenvalue weighted by molar-refractivity contribution is 5.96. The summed E-state index contributed by atoms with van der Waals surface area (Å²) in [4.78, 5) is 18.0. The van der Waals surface area contributed by atoms with E-state index in [9.17, 15) is 4.79 Å². The van der Waals surface area contributed by atoms with Gasteiger partial charge in [-0.3, -0.25) is 4.99 Å². The van der Waals surface area contributed by atoms with Crippen molar-refractivity contribution in [3.05, 3.63) is 42.1 Å². The molecule has 4 nitrogen and oxygen atoms in total. The molecular weight excluding hydrogens is 228 g/mol. The summed E-state index contributed by atoms with van der Waals surface area (Å²) in [5.74, 6) is -0.282. The normalized spacial score (nSPS) is 13.7. The Morgan fingerprint density at radius 3 is 3.00 bits per heavy atom. The number of ether oxygens (including phenoxy) is 1. The molecule has 0 spiro atoms. The zero-order chi connectivity index (χ0) is 12.8. The molecule has 4 heteroatoms. The lowest BCUT2D eigenvalue weighted by Crippen LogP contribution is -2.21. The summed E-state index contributed by atoms with van der Waals surface area (Å²) in [5.41, 5.74) is 1.40.